The van der Waals surface area contributed by atoms with E-state index in [2.05, 4.69) is 211 Å². The number of thiophene rings is 1. The summed E-state index contributed by atoms with van der Waals surface area (Å²) in [6, 6.07) is 75.6. The van der Waals surface area contributed by atoms with Crippen LogP contribution >= 0.6 is 11.3 Å². The van der Waals surface area contributed by atoms with E-state index in [0.29, 0.717) is 0 Å². The molecule has 0 fully saturated rings. The molecule has 0 radical (unpaired) electrons. The van der Waals surface area contributed by atoms with Crippen LogP contribution in [0.4, 0.5) is 0 Å². The van der Waals surface area contributed by atoms with Crippen LogP contribution < -0.4 is 0 Å². The smallest absolute Gasteiger partial charge is 0.156 e. The van der Waals surface area contributed by atoms with Crippen molar-refractivity contribution < 1.29 is 0 Å². The molecule has 0 amide bonds. The number of hydrogen-bond donors (Lipinski definition) is 0. The van der Waals surface area contributed by atoms with Gasteiger partial charge >= 0.3 is 0 Å². The summed E-state index contributed by atoms with van der Waals surface area (Å²) in [7, 11) is 0. The Balaban J connectivity index is 0.987. The Hall–Kier alpha value is -7.59. The minimum absolute atomic E-state index is 1.01. The minimum atomic E-state index is 1.01. The predicted octanol–water partition coefficient (Wildman–Crippen LogP) is 16.1. The summed E-state index contributed by atoms with van der Waals surface area (Å²) in [5.74, 6) is 0. The van der Waals surface area contributed by atoms with E-state index in [1.54, 1.807) is 0 Å². The Bertz CT molecular complexity index is 3860. The number of fused-ring (bicyclic) bond motifs is 13. The Kier molecular flexibility index (Phi) is 7.21. The molecule has 278 valence electrons. The largest absolute Gasteiger partial charge is 0.291 e. The number of aromatic nitrogens is 2. The third-order valence-electron chi connectivity index (χ3n) is 12.6. The van der Waals surface area contributed by atoms with Crippen LogP contribution in [0.2, 0.25) is 0 Å². The van der Waals surface area contributed by atoms with E-state index in [9.17, 15) is 0 Å². The highest BCUT2D eigenvalue weighted by Gasteiger charge is 2.20. The Morgan fingerprint density at radius 2 is 0.917 bits per heavy atom. The third kappa shape index (κ3) is 5.03. The molecule has 3 heterocycles. The van der Waals surface area contributed by atoms with Crippen molar-refractivity contribution in [3.8, 4) is 44.6 Å². The van der Waals surface area contributed by atoms with Crippen LogP contribution in [0, 0.1) is 0 Å². The monoisotopic (exact) mass is 778 g/mol. The highest BCUT2D eigenvalue weighted by Crippen LogP contribution is 2.44. The first kappa shape index (κ1) is 33.4. The van der Waals surface area contributed by atoms with Crippen molar-refractivity contribution in [1.29, 1.82) is 0 Å². The second-order valence-electron chi connectivity index (χ2n) is 15.9. The minimum Gasteiger partial charge on any atom is -0.291 e. The van der Waals surface area contributed by atoms with Crippen LogP contribution in [-0.4, -0.2) is 9.38 Å². The first-order valence-electron chi connectivity index (χ1n) is 20.5. The van der Waals surface area contributed by atoms with E-state index in [-0.39, 0.29) is 0 Å². The first-order valence-corrected chi connectivity index (χ1v) is 21.3. The van der Waals surface area contributed by atoms with Gasteiger partial charge in [0.15, 0.2) is 5.65 Å². The van der Waals surface area contributed by atoms with E-state index >= 15 is 0 Å². The van der Waals surface area contributed by atoms with Crippen molar-refractivity contribution in [2.75, 3.05) is 0 Å². The van der Waals surface area contributed by atoms with Gasteiger partial charge in [-0.3, -0.25) is 4.40 Å². The van der Waals surface area contributed by atoms with Crippen LogP contribution in [0.3, 0.4) is 0 Å². The molecule has 0 bridgehead atoms. The maximum absolute atomic E-state index is 5.56. The van der Waals surface area contributed by atoms with E-state index in [1.807, 2.05) is 11.3 Å². The normalized spacial score (nSPS) is 12.0. The highest BCUT2D eigenvalue weighted by atomic mass is 32.1. The fraction of sp³-hybridized carbons (Fsp3) is 0. The topological polar surface area (TPSA) is 17.3 Å². The summed E-state index contributed by atoms with van der Waals surface area (Å²) < 4.78 is 4.90. The van der Waals surface area contributed by atoms with Crippen molar-refractivity contribution in [2.24, 2.45) is 0 Å². The maximum atomic E-state index is 5.56. The standard InChI is InChI=1S/C57H34N2S/c1-2-10-35(11-3-1)36-18-20-38(21-19-36)44-28-29-45(47-17-9-8-16-46(44)47)39-22-24-40(25-23-39)53-34-51-50-32-41-13-4-5-14-42(41)33-54(50)60-56(51)57-58-55-49-27-26-37-12-6-7-15-43(37)48(49)30-31-52(55)59(53)57/h1-34H. The van der Waals surface area contributed by atoms with Crippen molar-refractivity contribution in [2.45, 2.75) is 0 Å². The lowest BCUT2D eigenvalue weighted by Crippen LogP contribution is -1.93. The number of hydrogen-bond acceptors (Lipinski definition) is 2. The Morgan fingerprint density at radius 3 is 1.63 bits per heavy atom. The summed E-state index contributed by atoms with van der Waals surface area (Å²) in [6.07, 6.45) is 0. The molecule has 0 aliphatic rings. The van der Waals surface area contributed by atoms with Gasteiger partial charge in [-0.25, -0.2) is 4.98 Å². The SMILES string of the molecule is c1ccc(-c2ccc(-c3ccc(-c4ccc(-c5cc6c7cc8ccccc8cc7sc6c6nc7c8ccc9ccccc9c8ccc7n56)cc4)c4ccccc34)cc2)cc1. The second-order valence-corrected chi connectivity index (χ2v) is 16.9. The molecule has 0 spiro atoms. The molecule has 10 aromatic carbocycles. The molecule has 0 saturated heterocycles. The van der Waals surface area contributed by atoms with Gasteiger partial charge in [0.05, 0.1) is 21.4 Å². The van der Waals surface area contributed by atoms with E-state index in [0.717, 1.165) is 27.9 Å². The van der Waals surface area contributed by atoms with Gasteiger partial charge in [0, 0.05) is 20.9 Å². The molecule has 3 heteroatoms. The number of benzene rings is 10. The van der Waals surface area contributed by atoms with Crippen LogP contribution in [0.5, 0.6) is 0 Å². The number of pyridine rings is 1. The number of rotatable bonds is 4. The van der Waals surface area contributed by atoms with E-state index < -0.39 is 0 Å². The van der Waals surface area contributed by atoms with Gasteiger partial charge in [-0.2, -0.15) is 0 Å². The molecule has 60 heavy (non-hydrogen) atoms. The van der Waals surface area contributed by atoms with Gasteiger partial charge in [-0.1, -0.05) is 182 Å². The second kappa shape index (κ2) is 13.0. The maximum Gasteiger partial charge on any atom is 0.156 e. The van der Waals surface area contributed by atoms with Crippen LogP contribution in [0.25, 0.3) is 125 Å². The van der Waals surface area contributed by atoms with Crippen molar-refractivity contribution in [3.05, 3.63) is 206 Å². The molecule has 0 N–H and O–H groups in total. The van der Waals surface area contributed by atoms with Gasteiger partial charge in [-0.15, -0.1) is 11.3 Å². The molecule has 3 aromatic heterocycles. The van der Waals surface area contributed by atoms with Crippen LogP contribution in [0.1, 0.15) is 0 Å². The zero-order valence-electron chi connectivity index (χ0n) is 32.4. The van der Waals surface area contributed by atoms with Crippen LogP contribution in [0.15, 0.2) is 206 Å². The molecule has 0 unspecified atom stereocenters. The Labute approximate surface area is 349 Å². The summed E-state index contributed by atoms with van der Waals surface area (Å²) in [5.41, 5.74) is 12.8. The molecule has 2 nitrogen and oxygen atoms in total. The highest BCUT2D eigenvalue weighted by molar-refractivity contribution is 7.26. The molecule has 0 atom stereocenters. The fourth-order valence-corrected chi connectivity index (χ4v) is 10.8. The average molecular weight is 779 g/mol. The number of imidazole rings is 1. The molecule has 0 aliphatic carbocycles. The number of nitrogens with zero attached hydrogens (tertiary/aromatic N) is 2. The van der Waals surface area contributed by atoms with Gasteiger partial charge in [-0.05, 0) is 101 Å². The van der Waals surface area contributed by atoms with Crippen molar-refractivity contribution in [1.82, 2.24) is 9.38 Å². The molecule has 13 aromatic rings. The lowest BCUT2D eigenvalue weighted by molar-refractivity contribution is 1.25. The van der Waals surface area contributed by atoms with Gasteiger partial charge in [0.25, 0.3) is 0 Å². The molecule has 13 rings (SSSR count). The van der Waals surface area contributed by atoms with Gasteiger partial charge in [0.1, 0.15) is 0 Å². The molecule has 0 aliphatic heterocycles. The lowest BCUT2D eigenvalue weighted by atomic mass is 9.91. The summed E-state index contributed by atoms with van der Waals surface area (Å²) in [4.78, 5) is 5.56. The summed E-state index contributed by atoms with van der Waals surface area (Å²) in [5, 5.41) is 12.4. The third-order valence-corrected chi connectivity index (χ3v) is 13.7. The lowest BCUT2D eigenvalue weighted by Gasteiger charge is -2.14. The quantitative estimate of drug-likeness (QED) is 0.163. The summed E-state index contributed by atoms with van der Waals surface area (Å²) in [6.45, 7) is 0. The zero-order chi connectivity index (χ0) is 39.3. The van der Waals surface area contributed by atoms with Gasteiger partial charge < -0.3 is 0 Å². The van der Waals surface area contributed by atoms with Gasteiger partial charge in [0.2, 0.25) is 0 Å². The molecular formula is C57H34N2S. The van der Waals surface area contributed by atoms with E-state index in [4.69, 9.17) is 4.98 Å². The first-order chi connectivity index (χ1) is 29.7. The average Bonchev–Trinajstić information content (AvgIpc) is 3.89. The van der Waals surface area contributed by atoms with E-state index in [1.165, 1.54) is 96.6 Å². The predicted molar refractivity (Wildman–Crippen MR) is 257 cm³/mol. The molecule has 0 saturated carbocycles. The summed E-state index contributed by atoms with van der Waals surface area (Å²) >= 11 is 1.85. The molecular weight excluding hydrogens is 745 g/mol. The fourth-order valence-electron chi connectivity index (χ4n) is 9.65. The zero-order valence-corrected chi connectivity index (χ0v) is 33.2. The van der Waals surface area contributed by atoms with Crippen molar-refractivity contribution in [3.63, 3.8) is 0 Å². The Morgan fingerprint density at radius 1 is 0.350 bits per heavy atom. The van der Waals surface area contributed by atoms with Crippen molar-refractivity contribution >= 4 is 91.3 Å². The van der Waals surface area contributed by atoms with Crippen LogP contribution in [-0.2, 0) is 0 Å².